The molecule has 2 heterocycles. The smallest absolute Gasteiger partial charge is 0.410 e. The highest BCUT2D eigenvalue weighted by Crippen LogP contribution is 2.54. The molecule has 0 radical (unpaired) electrons. The Labute approximate surface area is 173 Å². The predicted octanol–water partition coefficient (Wildman–Crippen LogP) is 3.65. The number of nitrogens with zero attached hydrogens (tertiary/aromatic N) is 2. The highest BCUT2D eigenvalue weighted by molar-refractivity contribution is 6.00. The summed E-state index contributed by atoms with van der Waals surface area (Å²) in [7, 11) is 3.49. The Morgan fingerprint density at radius 1 is 1.24 bits per heavy atom. The summed E-state index contributed by atoms with van der Waals surface area (Å²) < 4.78 is 11.8. The van der Waals surface area contributed by atoms with Crippen LogP contribution in [0.5, 0.6) is 0 Å². The minimum atomic E-state index is -0.353. The van der Waals surface area contributed by atoms with Crippen LogP contribution in [0.4, 0.5) is 4.79 Å². The van der Waals surface area contributed by atoms with Gasteiger partial charge in [0.2, 0.25) is 0 Å². The number of methoxy groups -OCH3 is 1. The number of likely N-dealkylation sites (tertiary alicyclic amines) is 1. The molecule has 0 aromatic rings. The summed E-state index contributed by atoms with van der Waals surface area (Å²) >= 11 is 0. The van der Waals surface area contributed by atoms with E-state index in [2.05, 4.69) is 26.0 Å². The Bertz CT molecular complexity index is 821. The van der Waals surface area contributed by atoms with Crippen molar-refractivity contribution in [2.45, 2.75) is 58.7 Å². The SMILES string of the molecule is CO[C@@H]1C=C2C=C3C(=C(C)C(=O)N3C)C[C@]2(C)[C@@H](C)[C@H]1OC(=O)N1CCCCC1. The van der Waals surface area contributed by atoms with Gasteiger partial charge in [-0.1, -0.05) is 13.8 Å². The Morgan fingerprint density at radius 2 is 1.93 bits per heavy atom. The summed E-state index contributed by atoms with van der Waals surface area (Å²) in [5, 5.41) is 0. The van der Waals surface area contributed by atoms with Crippen molar-refractivity contribution in [1.29, 1.82) is 0 Å². The van der Waals surface area contributed by atoms with Gasteiger partial charge in [-0.15, -0.1) is 0 Å². The van der Waals surface area contributed by atoms with Crippen LogP contribution in [-0.4, -0.2) is 61.3 Å². The third-order valence-corrected chi connectivity index (χ3v) is 7.53. The van der Waals surface area contributed by atoms with E-state index < -0.39 is 0 Å². The maximum absolute atomic E-state index is 12.8. The summed E-state index contributed by atoms with van der Waals surface area (Å²) in [5.74, 6) is 0.124. The number of rotatable bonds is 2. The van der Waals surface area contributed by atoms with E-state index in [0.717, 1.165) is 54.8 Å². The topological polar surface area (TPSA) is 59.1 Å². The highest BCUT2D eigenvalue weighted by Gasteiger charge is 2.51. The molecule has 6 heteroatoms. The molecule has 2 aliphatic heterocycles. The number of hydrogen-bond acceptors (Lipinski definition) is 4. The average Bonchev–Trinajstić information content (AvgIpc) is 2.93. The van der Waals surface area contributed by atoms with Gasteiger partial charge in [0.1, 0.15) is 12.2 Å². The molecule has 1 fully saturated rings. The molecule has 0 aromatic carbocycles. The van der Waals surface area contributed by atoms with Crippen molar-refractivity contribution in [3.8, 4) is 0 Å². The van der Waals surface area contributed by atoms with Crippen molar-refractivity contribution in [2.24, 2.45) is 11.3 Å². The average molecular weight is 401 g/mol. The predicted molar refractivity (Wildman–Crippen MR) is 110 cm³/mol. The molecule has 4 rings (SSSR count). The summed E-state index contributed by atoms with van der Waals surface area (Å²) in [6.07, 6.45) is 7.33. The number of carbonyl (C=O) groups is 2. The van der Waals surface area contributed by atoms with Crippen LogP contribution >= 0.6 is 0 Å². The lowest BCUT2D eigenvalue weighted by molar-refractivity contribution is -0.123. The maximum atomic E-state index is 12.8. The molecule has 6 nitrogen and oxygen atoms in total. The van der Waals surface area contributed by atoms with Gasteiger partial charge >= 0.3 is 6.09 Å². The zero-order valence-corrected chi connectivity index (χ0v) is 18.2. The first-order valence-electron chi connectivity index (χ1n) is 10.7. The molecule has 2 aliphatic carbocycles. The number of hydrogen-bond donors (Lipinski definition) is 0. The molecule has 4 aliphatic rings. The van der Waals surface area contributed by atoms with Crippen molar-refractivity contribution in [3.05, 3.63) is 34.6 Å². The van der Waals surface area contributed by atoms with Crippen LogP contribution in [0.1, 0.15) is 46.5 Å². The van der Waals surface area contributed by atoms with Crippen molar-refractivity contribution in [3.63, 3.8) is 0 Å². The molecular formula is C23H32N2O4. The van der Waals surface area contributed by atoms with E-state index in [1.807, 2.05) is 18.9 Å². The van der Waals surface area contributed by atoms with E-state index in [9.17, 15) is 9.59 Å². The Hall–Kier alpha value is -2.08. The van der Waals surface area contributed by atoms with Crippen LogP contribution in [0, 0.1) is 11.3 Å². The second kappa shape index (κ2) is 7.31. The number of piperidine rings is 1. The largest absolute Gasteiger partial charge is 0.443 e. The van der Waals surface area contributed by atoms with E-state index in [-0.39, 0.29) is 35.5 Å². The lowest BCUT2D eigenvalue weighted by Crippen LogP contribution is -2.51. The summed E-state index contributed by atoms with van der Waals surface area (Å²) in [6.45, 7) is 7.80. The fourth-order valence-corrected chi connectivity index (χ4v) is 5.29. The van der Waals surface area contributed by atoms with Gasteiger partial charge in [0, 0.05) is 49.9 Å². The van der Waals surface area contributed by atoms with Gasteiger partial charge in [0.05, 0.1) is 0 Å². The van der Waals surface area contributed by atoms with Gasteiger partial charge < -0.3 is 19.3 Å². The lowest BCUT2D eigenvalue weighted by atomic mass is 9.59. The highest BCUT2D eigenvalue weighted by atomic mass is 16.6. The second-order valence-electron chi connectivity index (χ2n) is 9.10. The number of carbonyl (C=O) groups excluding carboxylic acids is 2. The Morgan fingerprint density at radius 3 is 2.59 bits per heavy atom. The van der Waals surface area contributed by atoms with E-state index in [0.29, 0.717) is 0 Å². The van der Waals surface area contributed by atoms with Gasteiger partial charge in [0.15, 0.2) is 0 Å². The van der Waals surface area contributed by atoms with Crippen molar-refractivity contribution in [1.82, 2.24) is 9.80 Å². The lowest BCUT2D eigenvalue weighted by Gasteiger charge is -2.49. The van der Waals surface area contributed by atoms with Gasteiger partial charge in [-0.2, -0.15) is 0 Å². The van der Waals surface area contributed by atoms with Gasteiger partial charge in [0.25, 0.3) is 5.91 Å². The second-order valence-corrected chi connectivity index (χ2v) is 9.10. The van der Waals surface area contributed by atoms with E-state index in [1.165, 1.54) is 6.42 Å². The van der Waals surface area contributed by atoms with Gasteiger partial charge in [-0.05, 0) is 55.9 Å². The number of amides is 2. The summed E-state index contributed by atoms with van der Waals surface area (Å²) in [6, 6.07) is 0. The third-order valence-electron chi connectivity index (χ3n) is 7.53. The van der Waals surface area contributed by atoms with Crippen LogP contribution in [0.3, 0.4) is 0 Å². The molecule has 0 unspecified atom stereocenters. The molecule has 158 valence electrons. The van der Waals surface area contributed by atoms with Crippen LogP contribution in [0.2, 0.25) is 0 Å². The number of likely N-dealkylation sites (N-methyl/N-ethyl adjacent to an activating group) is 1. The van der Waals surface area contributed by atoms with Crippen LogP contribution in [0.25, 0.3) is 0 Å². The molecule has 2 amide bonds. The van der Waals surface area contributed by atoms with Gasteiger partial charge in [-0.3, -0.25) is 4.79 Å². The minimum Gasteiger partial charge on any atom is -0.443 e. The fourth-order valence-electron chi connectivity index (χ4n) is 5.29. The third kappa shape index (κ3) is 3.12. The minimum absolute atomic E-state index is 0.0558. The maximum Gasteiger partial charge on any atom is 0.410 e. The first-order valence-corrected chi connectivity index (χ1v) is 10.7. The first kappa shape index (κ1) is 20.2. The van der Waals surface area contributed by atoms with Crippen LogP contribution < -0.4 is 0 Å². The first-order chi connectivity index (χ1) is 13.8. The molecular weight excluding hydrogens is 368 g/mol. The van der Waals surface area contributed by atoms with Crippen molar-refractivity contribution < 1.29 is 19.1 Å². The molecule has 29 heavy (non-hydrogen) atoms. The molecule has 1 saturated heterocycles. The van der Waals surface area contributed by atoms with E-state index in [4.69, 9.17) is 9.47 Å². The Balaban J connectivity index is 1.65. The zero-order chi connectivity index (χ0) is 20.9. The van der Waals surface area contributed by atoms with Gasteiger partial charge in [-0.25, -0.2) is 4.79 Å². The number of ether oxygens (including phenoxy) is 2. The Kier molecular flexibility index (Phi) is 5.09. The van der Waals surface area contributed by atoms with Crippen molar-refractivity contribution in [2.75, 3.05) is 27.2 Å². The van der Waals surface area contributed by atoms with E-state index >= 15 is 0 Å². The van der Waals surface area contributed by atoms with Crippen molar-refractivity contribution >= 4 is 12.0 Å². The van der Waals surface area contributed by atoms with E-state index in [1.54, 1.807) is 12.0 Å². The summed E-state index contributed by atoms with van der Waals surface area (Å²) in [4.78, 5) is 28.8. The standard InChI is InChI=1S/C23H32N2O4/c1-14-17-13-23(3)15(2)20(29-22(27)25-9-7-6-8-10-25)19(28-5)12-16(23)11-18(17)24(4)21(14)26/h11-12,15,19-20H,6-10,13H2,1-5H3/t15-,19+,20+,23+/m0/s1. The molecule has 0 spiro atoms. The normalized spacial score (nSPS) is 34.5. The molecule has 0 bridgehead atoms. The molecule has 0 N–H and O–H groups in total. The fraction of sp³-hybridized carbons (Fsp3) is 0.652. The number of allylic oxidation sites excluding steroid dienone is 3. The monoisotopic (exact) mass is 400 g/mol. The zero-order valence-electron chi connectivity index (χ0n) is 18.2. The molecule has 4 atom stereocenters. The van der Waals surface area contributed by atoms with Crippen LogP contribution in [-0.2, 0) is 14.3 Å². The van der Waals surface area contributed by atoms with Crippen LogP contribution in [0.15, 0.2) is 34.6 Å². The number of fused-ring (bicyclic) bond motifs is 2. The summed E-state index contributed by atoms with van der Waals surface area (Å²) in [5.41, 5.74) is 3.87. The molecule has 0 saturated carbocycles. The quantitative estimate of drug-likeness (QED) is 0.710. The molecule has 0 aromatic heterocycles.